The highest BCUT2D eigenvalue weighted by Crippen LogP contribution is 2.37. The minimum Gasteiger partial charge on any atom is -0.496 e. The summed E-state index contributed by atoms with van der Waals surface area (Å²) >= 11 is 0. The number of amides is 1. The third kappa shape index (κ3) is 3.69. The summed E-state index contributed by atoms with van der Waals surface area (Å²) in [6, 6.07) is 8.79. The molecule has 0 bridgehead atoms. The van der Waals surface area contributed by atoms with Gasteiger partial charge < -0.3 is 14.5 Å². The van der Waals surface area contributed by atoms with Gasteiger partial charge in [0.25, 0.3) is 0 Å². The highest BCUT2D eigenvalue weighted by Gasteiger charge is 2.16. The summed E-state index contributed by atoms with van der Waals surface area (Å²) in [6.07, 6.45) is 3.26. The van der Waals surface area contributed by atoms with Gasteiger partial charge >= 0.3 is 0 Å². The number of anilines is 1. The maximum absolute atomic E-state index is 12.5. The van der Waals surface area contributed by atoms with E-state index in [1.54, 1.807) is 37.6 Å². The molecule has 5 heteroatoms. The van der Waals surface area contributed by atoms with Crippen LogP contribution in [0.3, 0.4) is 0 Å². The number of rotatable bonds is 5. The molecule has 1 aromatic heterocycles. The van der Waals surface area contributed by atoms with E-state index in [2.05, 4.69) is 5.32 Å². The van der Waals surface area contributed by atoms with Crippen molar-refractivity contribution in [2.75, 3.05) is 12.4 Å². The smallest absolute Gasteiger partial charge is 0.248 e. The average molecular weight is 377 g/mol. The molecule has 0 atom stereocenters. The van der Waals surface area contributed by atoms with Gasteiger partial charge in [-0.1, -0.05) is 0 Å². The van der Waals surface area contributed by atoms with E-state index in [1.165, 1.54) is 13.0 Å². The van der Waals surface area contributed by atoms with Crippen LogP contribution in [0.5, 0.6) is 5.75 Å². The molecule has 0 aliphatic carbocycles. The van der Waals surface area contributed by atoms with Gasteiger partial charge in [0, 0.05) is 33.8 Å². The first-order valence-electron chi connectivity index (χ1n) is 8.98. The number of carbonyl (C=O) groups excluding carboxylic acids is 2. The lowest BCUT2D eigenvalue weighted by Gasteiger charge is -2.13. The van der Waals surface area contributed by atoms with Crippen molar-refractivity contribution < 1.29 is 18.7 Å². The van der Waals surface area contributed by atoms with E-state index in [9.17, 15) is 9.59 Å². The molecule has 1 heterocycles. The topological polar surface area (TPSA) is 68.5 Å². The predicted molar refractivity (Wildman–Crippen MR) is 111 cm³/mol. The van der Waals surface area contributed by atoms with Crippen LogP contribution in [0.25, 0.3) is 16.5 Å². The summed E-state index contributed by atoms with van der Waals surface area (Å²) in [5.74, 6) is 0.423. The van der Waals surface area contributed by atoms with E-state index < -0.39 is 0 Å². The maximum Gasteiger partial charge on any atom is 0.248 e. The van der Waals surface area contributed by atoms with Crippen LogP contribution in [0.2, 0.25) is 0 Å². The number of hydrogen-bond acceptors (Lipinski definition) is 4. The zero-order valence-corrected chi connectivity index (χ0v) is 16.7. The van der Waals surface area contributed by atoms with Crippen molar-refractivity contribution in [2.45, 2.75) is 27.7 Å². The standard InChI is InChI=1S/C23H23NO4/c1-13(10-21(26)24-18-8-6-17(7-9-18)16(4)25)19-11-20-14(2)12-28-23(20)15(3)22(19)27-5/h6-12H,1-5H3,(H,24,26)/b13-10+. The first kappa shape index (κ1) is 19.4. The fourth-order valence-corrected chi connectivity index (χ4v) is 3.24. The maximum atomic E-state index is 12.5. The van der Waals surface area contributed by atoms with Crippen LogP contribution in [0.1, 0.15) is 40.9 Å². The van der Waals surface area contributed by atoms with Gasteiger partial charge in [0.1, 0.15) is 11.3 Å². The first-order valence-corrected chi connectivity index (χ1v) is 8.98. The Bertz CT molecular complexity index is 1090. The fraction of sp³-hybridized carbons (Fsp3) is 0.217. The van der Waals surface area contributed by atoms with Gasteiger partial charge in [0.2, 0.25) is 5.91 Å². The normalized spacial score (nSPS) is 11.5. The van der Waals surface area contributed by atoms with E-state index in [1.807, 2.05) is 26.8 Å². The summed E-state index contributed by atoms with van der Waals surface area (Å²) in [7, 11) is 1.61. The highest BCUT2D eigenvalue weighted by molar-refractivity contribution is 6.05. The van der Waals surface area contributed by atoms with Gasteiger partial charge in [-0.25, -0.2) is 0 Å². The lowest BCUT2D eigenvalue weighted by Crippen LogP contribution is -2.09. The number of allylic oxidation sites excluding steroid dienone is 1. The number of ketones is 1. The van der Waals surface area contributed by atoms with Crippen LogP contribution in [0, 0.1) is 13.8 Å². The molecule has 0 unspecified atom stereocenters. The second-order valence-corrected chi connectivity index (χ2v) is 6.83. The number of nitrogens with one attached hydrogen (secondary N) is 1. The minimum atomic E-state index is -0.253. The molecule has 1 N–H and O–H groups in total. The molecule has 0 aliphatic rings. The molecular formula is C23H23NO4. The van der Waals surface area contributed by atoms with Crippen molar-refractivity contribution in [3.63, 3.8) is 0 Å². The molecule has 3 aromatic rings. The summed E-state index contributed by atoms with van der Waals surface area (Å²) in [4.78, 5) is 23.8. The molecule has 28 heavy (non-hydrogen) atoms. The van der Waals surface area contributed by atoms with Crippen molar-refractivity contribution in [1.82, 2.24) is 0 Å². The van der Waals surface area contributed by atoms with Crippen molar-refractivity contribution >= 4 is 33.9 Å². The van der Waals surface area contributed by atoms with Crippen LogP contribution in [-0.2, 0) is 4.79 Å². The molecule has 0 fully saturated rings. The van der Waals surface area contributed by atoms with Crippen LogP contribution in [0.4, 0.5) is 5.69 Å². The zero-order valence-electron chi connectivity index (χ0n) is 16.7. The Kier molecular flexibility index (Phi) is 5.36. The van der Waals surface area contributed by atoms with Crippen LogP contribution >= 0.6 is 0 Å². The summed E-state index contributed by atoms with van der Waals surface area (Å²) in [5.41, 5.74) is 5.58. The van der Waals surface area contributed by atoms with E-state index in [0.717, 1.165) is 33.2 Å². The Morgan fingerprint density at radius 3 is 2.39 bits per heavy atom. The van der Waals surface area contributed by atoms with E-state index in [0.29, 0.717) is 17.0 Å². The predicted octanol–water partition coefficient (Wildman–Crippen LogP) is 5.30. The van der Waals surface area contributed by atoms with Gasteiger partial charge in [-0.05, 0) is 69.2 Å². The first-order chi connectivity index (χ1) is 13.3. The second-order valence-electron chi connectivity index (χ2n) is 6.83. The summed E-state index contributed by atoms with van der Waals surface area (Å²) in [6.45, 7) is 7.31. The number of aryl methyl sites for hydroxylation is 2. The third-order valence-electron chi connectivity index (χ3n) is 4.77. The number of furan rings is 1. The van der Waals surface area contributed by atoms with Gasteiger partial charge in [-0.3, -0.25) is 9.59 Å². The molecule has 0 radical (unpaired) electrons. The van der Waals surface area contributed by atoms with E-state index >= 15 is 0 Å². The molecule has 0 saturated heterocycles. The Balaban J connectivity index is 1.91. The lowest BCUT2D eigenvalue weighted by molar-refractivity contribution is -0.111. The molecule has 3 rings (SSSR count). The van der Waals surface area contributed by atoms with Gasteiger partial charge in [0.05, 0.1) is 13.4 Å². The molecule has 2 aromatic carbocycles. The van der Waals surface area contributed by atoms with Crippen molar-refractivity contribution in [3.8, 4) is 5.75 Å². The average Bonchev–Trinajstić information content (AvgIpc) is 3.03. The van der Waals surface area contributed by atoms with Gasteiger partial charge in [-0.2, -0.15) is 0 Å². The molecular weight excluding hydrogens is 354 g/mol. The Labute approximate surface area is 164 Å². The molecule has 0 aliphatic heterocycles. The Morgan fingerprint density at radius 1 is 1.11 bits per heavy atom. The lowest BCUT2D eigenvalue weighted by atomic mass is 9.98. The molecule has 1 amide bonds. The van der Waals surface area contributed by atoms with Gasteiger partial charge in [0.15, 0.2) is 5.78 Å². The number of methoxy groups -OCH3 is 1. The fourth-order valence-electron chi connectivity index (χ4n) is 3.24. The second kappa shape index (κ2) is 7.72. The SMILES string of the molecule is COc1c(/C(C)=C/C(=O)Nc2ccc(C(C)=O)cc2)cc2c(C)coc2c1C. The molecule has 0 spiro atoms. The van der Waals surface area contributed by atoms with Crippen molar-refractivity contribution in [3.05, 3.63) is 64.9 Å². The number of benzene rings is 2. The molecule has 5 nitrogen and oxygen atoms in total. The van der Waals surface area contributed by atoms with Crippen molar-refractivity contribution in [2.24, 2.45) is 0 Å². The van der Waals surface area contributed by atoms with Crippen LogP contribution in [0.15, 0.2) is 47.1 Å². The molecule has 0 saturated carbocycles. The number of ether oxygens (including phenoxy) is 1. The monoisotopic (exact) mass is 377 g/mol. The Morgan fingerprint density at radius 2 is 1.79 bits per heavy atom. The number of carbonyl (C=O) groups is 2. The van der Waals surface area contributed by atoms with Crippen molar-refractivity contribution in [1.29, 1.82) is 0 Å². The summed E-state index contributed by atoms with van der Waals surface area (Å²) < 4.78 is 11.2. The number of Topliss-reactive ketones (excluding diaryl/α,β-unsaturated/α-hetero) is 1. The van der Waals surface area contributed by atoms with Crippen LogP contribution in [-0.4, -0.2) is 18.8 Å². The van der Waals surface area contributed by atoms with E-state index in [4.69, 9.17) is 9.15 Å². The zero-order chi connectivity index (χ0) is 20.4. The largest absolute Gasteiger partial charge is 0.496 e. The van der Waals surface area contributed by atoms with E-state index in [-0.39, 0.29) is 11.7 Å². The molecule has 144 valence electrons. The van der Waals surface area contributed by atoms with Gasteiger partial charge in [-0.15, -0.1) is 0 Å². The number of fused-ring (bicyclic) bond motifs is 1. The summed E-state index contributed by atoms with van der Waals surface area (Å²) in [5, 5.41) is 3.82. The minimum absolute atomic E-state index is 0.0130. The number of hydrogen-bond donors (Lipinski definition) is 1. The van der Waals surface area contributed by atoms with Crippen LogP contribution < -0.4 is 10.1 Å². The highest BCUT2D eigenvalue weighted by atomic mass is 16.5. The Hall–Kier alpha value is -3.34. The quantitative estimate of drug-likeness (QED) is 0.484. The third-order valence-corrected chi connectivity index (χ3v) is 4.77.